The molecule has 0 spiro atoms. The van der Waals surface area contributed by atoms with Crippen LogP contribution in [0.25, 0.3) is 0 Å². The van der Waals surface area contributed by atoms with Crippen molar-refractivity contribution in [2.24, 2.45) is 11.7 Å². The Bertz CT molecular complexity index is 447. The van der Waals surface area contributed by atoms with E-state index in [0.717, 1.165) is 25.9 Å². The van der Waals surface area contributed by atoms with Crippen molar-refractivity contribution in [3.63, 3.8) is 0 Å². The van der Waals surface area contributed by atoms with Gasteiger partial charge in [0, 0.05) is 19.1 Å². The van der Waals surface area contributed by atoms with Crippen LogP contribution in [0.1, 0.15) is 19.8 Å². The van der Waals surface area contributed by atoms with Gasteiger partial charge in [-0.2, -0.15) is 0 Å². The van der Waals surface area contributed by atoms with E-state index < -0.39 is 0 Å². The minimum atomic E-state index is -0.292. The van der Waals surface area contributed by atoms with E-state index in [2.05, 4.69) is 21.8 Å². The van der Waals surface area contributed by atoms with Gasteiger partial charge < -0.3 is 15.6 Å². The Balaban J connectivity index is 2.23. The van der Waals surface area contributed by atoms with Crippen molar-refractivity contribution in [1.29, 1.82) is 0 Å². The van der Waals surface area contributed by atoms with Crippen molar-refractivity contribution in [3.8, 4) is 0 Å². The van der Waals surface area contributed by atoms with E-state index in [4.69, 9.17) is 17.3 Å². The van der Waals surface area contributed by atoms with Crippen LogP contribution in [0.2, 0.25) is 5.02 Å². The summed E-state index contributed by atoms with van der Waals surface area (Å²) in [5.74, 6) is 1.00. The van der Waals surface area contributed by atoms with Gasteiger partial charge in [0.15, 0.2) is 5.82 Å². The minimum absolute atomic E-state index is 0.165. The van der Waals surface area contributed by atoms with Crippen LogP contribution < -0.4 is 16.2 Å². The molecule has 5 nitrogen and oxygen atoms in total. The predicted octanol–water partition coefficient (Wildman–Crippen LogP) is 0.987. The number of halogens is 1. The number of hydrogen-bond acceptors (Lipinski definition) is 4. The second-order valence-electron chi connectivity index (χ2n) is 4.44. The number of aromatic amines is 1. The molecule has 0 aliphatic carbocycles. The summed E-state index contributed by atoms with van der Waals surface area (Å²) < 4.78 is 0. The predicted molar refractivity (Wildman–Crippen MR) is 68.5 cm³/mol. The summed E-state index contributed by atoms with van der Waals surface area (Å²) in [5.41, 5.74) is 5.76. The van der Waals surface area contributed by atoms with E-state index >= 15 is 0 Å². The molecule has 1 aromatic heterocycles. The maximum Gasteiger partial charge on any atom is 0.271 e. The number of nitrogens with two attached hydrogens (primary N) is 1. The molecule has 1 aromatic rings. The molecule has 1 fully saturated rings. The molecule has 2 rings (SSSR count). The summed E-state index contributed by atoms with van der Waals surface area (Å²) in [6.45, 7) is 3.74. The Kier molecular flexibility index (Phi) is 3.69. The first-order valence-corrected chi connectivity index (χ1v) is 6.25. The third kappa shape index (κ3) is 2.45. The summed E-state index contributed by atoms with van der Waals surface area (Å²) in [6.07, 6.45) is 3.32. The number of H-pyrrole nitrogens is 1. The molecule has 0 aromatic carbocycles. The van der Waals surface area contributed by atoms with Gasteiger partial charge in [-0.3, -0.25) is 4.79 Å². The first-order chi connectivity index (χ1) is 8.13. The highest BCUT2D eigenvalue weighted by atomic mass is 35.5. The van der Waals surface area contributed by atoms with Gasteiger partial charge in [-0.1, -0.05) is 24.9 Å². The van der Waals surface area contributed by atoms with E-state index in [1.807, 2.05) is 0 Å². The van der Waals surface area contributed by atoms with Crippen LogP contribution in [-0.2, 0) is 0 Å². The molecule has 0 bridgehead atoms. The Morgan fingerprint density at radius 2 is 2.47 bits per heavy atom. The monoisotopic (exact) mass is 256 g/mol. The number of piperidine rings is 1. The van der Waals surface area contributed by atoms with Gasteiger partial charge in [-0.25, -0.2) is 4.98 Å². The molecule has 94 valence electrons. The first kappa shape index (κ1) is 12.4. The fourth-order valence-electron chi connectivity index (χ4n) is 2.27. The molecule has 0 amide bonds. The van der Waals surface area contributed by atoms with Crippen LogP contribution in [-0.4, -0.2) is 29.1 Å². The summed E-state index contributed by atoms with van der Waals surface area (Å²) in [7, 11) is 0. The molecule has 3 N–H and O–H groups in total. The number of nitrogens with one attached hydrogen (secondary N) is 1. The highest BCUT2D eigenvalue weighted by Gasteiger charge is 2.27. The summed E-state index contributed by atoms with van der Waals surface area (Å²) in [6, 6.07) is 0.233. The zero-order valence-corrected chi connectivity index (χ0v) is 10.6. The second kappa shape index (κ2) is 5.06. The number of nitrogens with zero attached hydrogens (tertiary/aromatic N) is 2. The van der Waals surface area contributed by atoms with Crippen LogP contribution in [0.4, 0.5) is 5.82 Å². The average molecular weight is 257 g/mol. The van der Waals surface area contributed by atoms with Crippen molar-refractivity contribution in [3.05, 3.63) is 21.7 Å². The molecule has 2 unspecified atom stereocenters. The minimum Gasteiger partial charge on any atom is -0.355 e. The molecule has 0 saturated carbocycles. The summed E-state index contributed by atoms with van der Waals surface area (Å²) in [5, 5.41) is 0.165. The van der Waals surface area contributed by atoms with Gasteiger partial charge in [-0.15, -0.1) is 0 Å². The third-order valence-electron chi connectivity index (χ3n) is 3.39. The number of hydrogen-bond donors (Lipinski definition) is 2. The highest BCUT2D eigenvalue weighted by molar-refractivity contribution is 6.32. The molecule has 0 radical (unpaired) electrons. The first-order valence-electron chi connectivity index (χ1n) is 5.87. The van der Waals surface area contributed by atoms with Crippen LogP contribution in [0.5, 0.6) is 0 Å². The Morgan fingerprint density at radius 1 is 1.71 bits per heavy atom. The van der Waals surface area contributed by atoms with E-state index in [0.29, 0.717) is 11.7 Å². The van der Waals surface area contributed by atoms with Gasteiger partial charge >= 0.3 is 0 Å². The topological polar surface area (TPSA) is 75.0 Å². The van der Waals surface area contributed by atoms with E-state index in [1.54, 1.807) is 0 Å². The van der Waals surface area contributed by atoms with Crippen LogP contribution in [0, 0.1) is 5.92 Å². The van der Waals surface area contributed by atoms with Gasteiger partial charge in [-0.05, 0) is 12.3 Å². The molecule has 2 atom stereocenters. The largest absolute Gasteiger partial charge is 0.355 e. The molecular weight excluding hydrogens is 240 g/mol. The van der Waals surface area contributed by atoms with Gasteiger partial charge in [0.05, 0.1) is 6.33 Å². The van der Waals surface area contributed by atoms with Crippen LogP contribution in [0.3, 0.4) is 0 Å². The molecule has 1 aliphatic heterocycles. The highest BCUT2D eigenvalue weighted by Crippen LogP contribution is 2.25. The van der Waals surface area contributed by atoms with E-state index in [-0.39, 0.29) is 16.6 Å². The van der Waals surface area contributed by atoms with Crippen LogP contribution in [0.15, 0.2) is 11.1 Å². The standard InChI is InChI=1S/C11H17ClN4O/c1-2-7-5-16(4-3-8(7)13)10-9(12)11(17)15-6-14-10/h6-8H,2-5,13H2,1H3,(H,14,15,17). The third-order valence-corrected chi connectivity index (χ3v) is 3.74. The SMILES string of the molecule is CCC1CN(c2nc[nH]c(=O)c2Cl)CCC1N. The maximum atomic E-state index is 11.4. The lowest BCUT2D eigenvalue weighted by Gasteiger charge is -2.37. The zero-order chi connectivity index (χ0) is 12.4. The van der Waals surface area contributed by atoms with Crippen molar-refractivity contribution < 1.29 is 0 Å². The lowest BCUT2D eigenvalue weighted by atomic mass is 9.91. The van der Waals surface area contributed by atoms with Crippen molar-refractivity contribution in [1.82, 2.24) is 9.97 Å². The number of rotatable bonds is 2. The maximum absolute atomic E-state index is 11.4. The van der Waals surface area contributed by atoms with Crippen molar-refractivity contribution >= 4 is 17.4 Å². The smallest absolute Gasteiger partial charge is 0.271 e. The lowest BCUT2D eigenvalue weighted by molar-refractivity contribution is 0.346. The molecule has 17 heavy (non-hydrogen) atoms. The summed E-state index contributed by atoms with van der Waals surface area (Å²) >= 11 is 5.97. The Hall–Kier alpha value is -1.07. The zero-order valence-electron chi connectivity index (χ0n) is 9.82. The normalized spacial score (nSPS) is 25.0. The van der Waals surface area contributed by atoms with Gasteiger partial charge in [0.1, 0.15) is 5.02 Å². The Labute approximate surface area is 105 Å². The summed E-state index contributed by atoms with van der Waals surface area (Å²) in [4.78, 5) is 20.1. The second-order valence-corrected chi connectivity index (χ2v) is 4.81. The molecular formula is C11H17ClN4O. The fourth-order valence-corrected chi connectivity index (χ4v) is 2.49. The number of anilines is 1. The lowest BCUT2D eigenvalue weighted by Crippen LogP contribution is -2.47. The molecule has 1 aliphatic rings. The average Bonchev–Trinajstić information content (AvgIpc) is 2.34. The van der Waals surface area contributed by atoms with E-state index in [1.165, 1.54) is 6.33 Å². The Morgan fingerprint density at radius 3 is 3.18 bits per heavy atom. The molecule has 2 heterocycles. The quantitative estimate of drug-likeness (QED) is 0.827. The van der Waals surface area contributed by atoms with E-state index in [9.17, 15) is 4.79 Å². The van der Waals surface area contributed by atoms with Crippen molar-refractivity contribution in [2.45, 2.75) is 25.8 Å². The number of aromatic nitrogens is 2. The van der Waals surface area contributed by atoms with Gasteiger partial charge in [0.25, 0.3) is 5.56 Å². The van der Waals surface area contributed by atoms with Gasteiger partial charge in [0.2, 0.25) is 0 Å². The molecule has 1 saturated heterocycles. The fraction of sp³-hybridized carbons (Fsp3) is 0.636. The van der Waals surface area contributed by atoms with Crippen molar-refractivity contribution in [2.75, 3.05) is 18.0 Å². The van der Waals surface area contributed by atoms with Crippen LogP contribution >= 0.6 is 11.6 Å². The molecule has 6 heteroatoms.